The molecule has 4 heterocycles. The molecule has 2 fully saturated rings. The summed E-state index contributed by atoms with van der Waals surface area (Å²) >= 11 is 0. The highest BCUT2D eigenvalue weighted by molar-refractivity contribution is 5.81. The number of aromatic amines is 1. The molecular weight excluding hydrogens is 552 g/mol. The van der Waals surface area contributed by atoms with Crippen molar-refractivity contribution in [3.63, 3.8) is 0 Å². The van der Waals surface area contributed by atoms with Gasteiger partial charge in [-0.3, -0.25) is 9.47 Å². The molecule has 2 aliphatic rings. The van der Waals surface area contributed by atoms with Crippen LogP contribution in [0.1, 0.15) is 57.6 Å². The van der Waals surface area contributed by atoms with Gasteiger partial charge >= 0.3 is 0 Å². The van der Waals surface area contributed by atoms with Crippen LogP contribution in [0, 0.1) is 5.92 Å². The van der Waals surface area contributed by atoms with Crippen molar-refractivity contribution < 1.29 is 25.2 Å². The van der Waals surface area contributed by atoms with E-state index in [1.165, 1.54) is 12.7 Å². The number of rotatable bonds is 11. The van der Waals surface area contributed by atoms with Crippen molar-refractivity contribution >= 4 is 28.0 Å². The van der Waals surface area contributed by atoms with Crippen LogP contribution in [0.15, 0.2) is 30.9 Å². The normalized spacial score (nSPS) is 26.9. The van der Waals surface area contributed by atoms with Crippen molar-refractivity contribution in [1.29, 1.82) is 0 Å². The Hall–Kier alpha value is -3.20. The molecule has 0 radical (unpaired) electrons. The molecule has 1 aliphatic heterocycles. The topological polar surface area (TPSA) is 192 Å². The summed E-state index contributed by atoms with van der Waals surface area (Å²) < 4.78 is 7.77. The Bertz CT molecular complexity index is 1570. The van der Waals surface area contributed by atoms with Crippen LogP contribution < -0.4 is 5.73 Å². The Morgan fingerprint density at radius 1 is 1.16 bits per heavy atom. The summed E-state index contributed by atoms with van der Waals surface area (Å²) in [5.74, 6) is 1.71. The van der Waals surface area contributed by atoms with Gasteiger partial charge in [0.15, 0.2) is 17.7 Å². The van der Waals surface area contributed by atoms with Gasteiger partial charge in [-0.1, -0.05) is 19.9 Å². The van der Waals surface area contributed by atoms with Crippen LogP contribution in [0.25, 0.3) is 22.2 Å². The average molecular weight is 595 g/mol. The second kappa shape index (κ2) is 11.7. The number of hydrogen-bond donors (Lipinski definition) is 6. The number of nitrogens with one attached hydrogen (secondary N) is 1. The monoisotopic (exact) mass is 594 g/mol. The number of H-pyrrole nitrogens is 1. The summed E-state index contributed by atoms with van der Waals surface area (Å²) in [6.45, 7) is 6.43. The van der Waals surface area contributed by atoms with Gasteiger partial charge in [-0.25, -0.2) is 19.9 Å². The first-order valence-electron chi connectivity index (χ1n) is 15.0. The third-order valence-electron chi connectivity index (χ3n) is 9.40. The van der Waals surface area contributed by atoms with Crippen molar-refractivity contribution in [2.24, 2.45) is 5.92 Å². The van der Waals surface area contributed by atoms with Gasteiger partial charge in [0.25, 0.3) is 0 Å². The van der Waals surface area contributed by atoms with E-state index < -0.39 is 24.5 Å². The highest BCUT2D eigenvalue weighted by Crippen LogP contribution is 2.38. The van der Waals surface area contributed by atoms with Gasteiger partial charge in [0.2, 0.25) is 0 Å². The fourth-order valence-corrected chi connectivity index (χ4v) is 6.41. The minimum absolute atomic E-state index is 0.0214. The third-order valence-corrected chi connectivity index (χ3v) is 9.40. The first kappa shape index (κ1) is 29.9. The Kier molecular flexibility index (Phi) is 8.13. The van der Waals surface area contributed by atoms with Crippen LogP contribution in [0.4, 0.5) is 5.82 Å². The molecule has 1 saturated heterocycles. The molecule has 1 aliphatic carbocycles. The zero-order valence-electron chi connectivity index (χ0n) is 24.8. The van der Waals surface area contributed by atoms with E-state index in [4.69, 9.17) is 15.5 Å². The molecule has 0 amide bonds. The molecular formula is C30H42N8O5. The molecule has 5 atom stereocenters. The lowest BCUT2D eigenvalue weighted by Gasteiger charge is -2.46. The lowest BCUT2D eigenvalue weighted by atomic mass is 9.76. The molecule has 13 heteroatoms. The van der Waals surface area contributed by atoms with Gasteiger partial charge in [-0.2, -0.15) is 0 Å². The second-order valence-corrected chi connectivity index (χ2v) is 12.8. The van der Waals surface area contributed by atoms with E-state index in [0.717, 1.165) is 48.1 Å². The minimum atomic E-state index is -1.19. The van der Waals surface area contributed by atoms with E-state index in [-0.39, 0.29) is 36.5 Å². The predicted octanol–water partition coefficient (Wildman–Crippen LogP) is 1.27. The summed E-state index contributed by atoms with van der Waals surface area (Å²) in [5, 5.41) is 41.6. The van der Waals surface area contributed by atoms with Crippen LogP contribution in [-0.2, 0) is 16.6 Å². The van der Waals surface area contributed by atoms with Gasteiger partial charge in [0.05, 0.1) is 30.6 Å². The number of ether oxygens (including phenoxy) is 1. The quantitative estimate of drug-likeness (QED) is 0.147. The predicted molar refractivity (Wildman–Crippen MR) is 160 cm³/mol. The largest absolute Gasteiger partial charge is 0.395 e. The summed E-state index contributed by atoms with van der Waals surface area (Å²) in [4.78, 5) is 22.9. The first-order chi connectivity index (χ1) is 20.6. The van der Waals surface area contributed by atoms with Crippen LogP contribution in [-0.4, -0.2) is 105 Å². The van der Waals surface area contributed by atoms with Gasteiger partial charge < -0.3 is 35.9 Å². The van der Waals surface area contributed by atoms with Crippen molar-refractivity contribution in [2.75, 3.05) is 25.5 Å². The van der Waals surface area contributed by atoms with Crippen molar-refractivity contribution in [3.05, 3.63) is 42.2 Å². The molecule has 13 nitrogen and oxygen atoms in total. The number of aromatic nitrogens is 6. The zero-order chi connectivity index (χ0) is 30.5. The molecule has 4 aromatic rings. The molecule has 3 aromatic heterocycles. The number of imidazole rings is 2. The fraction of sp³-hybridized carbons (Fsp3) is 0.600. The Labute approximate surface area is 249 Å². The first-order valence-corrected chi connectivity index (χ1v) is 15.0. The van der Waals surface area contributed by atoms with Crippen LogP contribution >= 0.6 is 0 Å². The number of nitrogen functional groups attached to an aromatic ring is 1. The van der Waals surface area contributed by atoms with Crippen LogP contribution in [0.3, 0.4) is 0 Å². The number of nitrogens with two attached hydrogens (primary N) is 1. The molecule has 1 aromatic carbocycles. The molecule has 43 heavy (non-hydrogen) atoms. The van der Waals surface area contributed by atoms with E-state index in [1.54, 1.807) is 4.57 Å². The van der Waals surface area contributed by atoms with Crippen molar-refractivity contribution in [3.8, 4) is 0 Å². The van der Waals surface area contributed by atoms with Crippen LogP contribution in [0.2, 0.25) is 0 Å². The molecule has 0 spiro atoms. The van der Waals surface area contributed by atoms with Crippen molar-refractivity contribution in [1.82, 2.24) is 34.4 Å². The number of aliphatic hydroxyl groups is 4. The maximum Gasteiger partial charge on any atom is 0.167 e. The fourth-order valence-electron chi connectivity index (χ4n) is 6.41. The average Bonchev–Trinajstić information content (AvgIpc) is 3.67. The number of aliphatic hydroxyl groups excluding tert-OH is 4. The SMILES string of the molecule is CC(CO)N(CC1OC(n2cnc3c(N)ncnc32)C(O)C1O)C1CC(CCc2nc3ccc(C(C)(C)CO)cc3[nH]2)C1. The number of fused-ring (bicyclic) bond motifs is 2. The standard InChI is InChI=1S/C30H42N8O5/c1-16(12-39)37(11-22-25(41)26(42)29(43-22)38-15-34-24-27(31)32-14-33-28(24)38)19-8-17(9-19)4-7-23-35-20-6-5-18(10-21(20)36-23)30(2,3)13-40/h5-6,10,14-17,19,22,25-26,29,39-42H,4,7-9,11-13H2,1-3H3,(H,35,36)(H2,31,32,33). The molecule has 5 unspecified atom stereocenters. The second-order valence-electron chi connectivity index (χ2n) is 12.8. The maximum absolute atomic E-state index is 10.9. The summed E-state index contributed by atoms with van der Waals surface area (Å²) in [5.41, 5.74) is 9.42. The highest BCUT2D eigenvalue weighted by atomic mass is 16.6. The Balaban J connectivity index is 1.07. The zero-order valence-corrected chi connectivity index (χ0v) is 24.8. The van der Waals surface area contributed by atoms with E-state index in [0.29, 0.717) is 23.6 Å². The number of benzene rings is 1. The lowest BCUT2D eigenvalue weighted by Crippen LogP contribution is -2.54. The summed E-state index contributed by atoms with van der Waals surface area (Å²) in [7, 11) is 0. The smallest absolute Gasteiger partial charge is 0.167 e. The lowest BCUT2D eigenvalue weighted by molar-refractivity contribution is -0.0677. The number of hydrogen-bond acceptors (Lipinski definition) is 11. The van der Waals surface area contributed by atoms with Gasteiger partial charge in [0, 0.05) is 30.5 Å². The molecule has 232 valence electrons. The molecule has 1 saturated carbocycles. The molecule has 6 rings (SSSR count). The van der Waals surface area contributed by atoms with Crippen molar-refractivity contribution in [2.45, 2.75) is 88.5 Å². The number of anilines is 1. The highest BCUT2D eigenvalue weighted by Gasteiger charge is 2.47. The van der Waals surface area contributed by atoms with Gasteiger partial charge in [-0.05, 0) is 49.8 Å². The van der Waals surface area contributed by atoms with Gasteiger partial charge in [0.1, 0.15) is 36.0 Å². The van der Waals surface area contributed by atoms with E-state index >= 15 is 0 Å². The Morgan fingerprint density at radius 3 is 2.70 bits per heavy atom. The summed E-state index contributed by atoms with van der Waals surface area (Å²) in [6, 6.07) is 6.22. The van der Waals surface area contributed by atoms with E-state index in [9.17, 15) is 20.4 Å². The molecule has 7 N–H and O–H groups in total. The van der Waals surface area contributed by atoms with Crippen LogP contribution in [0.5, 0.6) is 0 Å². The maximum atomic E-state index is 10.9. The van der Waals surface area contributed by atoms with E-state index in [1.807, 2.05) is 32.9 Å². The number of aryl methyl sites for hydroxylation is 1. The number of nitrogens with zero attached hydrogens (tertiary/aromatic N) is 6. The van der Waals surface area contributed by atoms with Gasteiger partial charge in [-0.15, -0.1) is 0 Å². The Morgan fingerprint density at radius 2 is 1.95 bits per heavy atom. The molecule has 0 bridgehead atoms. The van der Waals surface area contributed by atoms with E-state index in [2.05, 4.69) is 30.9 Å². The summed E-state index contributed by atoms with van der Waals surface area (Å²) in [6.07, 6.45) is 2.73. The minimum Gasteiger partial charge on any atom is -0.395 e. The third kappa shape index (κ3) is 5.61.